The fourth-order valence-electron chi connectivity index (χ4n) is 1.86. The maximum absolute atomic E-state index is 12.8. The molecule has 19 heavy (non-hydrogen) atoms. The van der Waals surface area contributed by atoms with Gasteiger partial charge in [0.05, 0.1) is 6.54 Å². The van der Waals surface area contributed by atoms with Crippen LogP contribution in [0, 0.1) is 0 Å². The van der Waals surface area contributed by atoms with Crippen molar-refractivity contribution in [1.29, 1.82) is 0 Å². The zero-order chi connectivity index (χ0) is 14.3. The van der Waals surface area contributed by atoms with E-state index in [-0.39, 0.29) is 0 Å². The van der Waals surface area contributed by atoms with Crippen LogP contribution < -0.4 is 10.2 Å². The lowest BCUT2D eigenvalue weighted by Gasteiger charge is -2.21. The number of hydrogen-bond donors (Lipinski definition) is 2. The molecule has 0 fully saturated rings. The number of benzene rings is 1. The molecular weight excluding hydrogens is 250 g/mol. The van der Waals surface area contributed by atoms with Crippen LogP contribution in [0.2, 0.25) is 0 Å². The highest BCUT2D eigenvalue weighted by Gasteiger charge is 2.26. The van der Waals surface area contributed by atoms with Crippen molar-refractivity contribution in [3.63, 3.8) is 0 Å². The molecule has 5 heteroatoms. The van der Waals surface area contributed by atoms with Gasteiger partial charge in [-0.3, -0.25) is 0 Å². The van der Waals surface area contributed by atoms with E-state index in [0.717, 1.165) is 24.3 Å². The molecule has 0 amide bonds. The second kappa shape index (κ2) is 7.40. The normalized spacial score (nSPS) is 11.6. The van der Waals surface area contributed by atoms with Crippen molar-refractivity contribution in [2.45, 2.75) is 26.3 Å². The zero-order valence-electron chi connectivity index (χ0n) is 11.5. The Balaban J connectivity index is 2.49. The Kier molecular flexibility index (Phi) is 6.18. The number of aliphatic hydroxyl groups is 1. The number of aliphatic hydroxyl groups excluding tert-OH is 1. The van der Waals surface area contributed by atoms with E-state index >= 15 is 0 Å². The molecule has 3 nitrogen and oxygen atoms in total. The number of hydrogen-bond acceptors (Lipinski definition) is 3. The van der Waals surface area contributed by atoms with Crippen LogP contribution in [-0.4, -0.2) is 37.3 Å². The van der Waals surface area contributed by atoms with Crippen molar-refractivity contribution in [2.24, 2.45) is 0 Å². The lowest BCUT2D eigenvalue weighted by atomic mass is 10.2. The molecule has 0 saturated carbocycles. The molecule has 1 aromatic rings. The van der Waals surface area contributed by atoms with Crippen molar-refractivity contribution in [3.05, 3.63) is 29.8 Å². The quantitative estimate of drug-likeness (QED) is 0.762. The Bertz CT molecular complexity index is 364. The van der Waals surface area contributed by atoms with Gasteiger partial charge in [-0.25, -0.2) is 8.78 Å². The first-order chi connectivity index (χ1) is 9.02. The van der Waals surface area contributed by atoms with Gasteiger partial charge in [0.1, 0.15) is 6.61 Å². The van der Waals surface area contributed by atoms with Gasteiger partial charge in [0, 0.05) is 25.3 Å². The minimum atomic E-state index is -3.05. The first-order valence-corrected chi connectivity index (χ1v) is 6.55. The van der Waals surface area contributed by atoms with E-state index in [2.05, 4.69) is 24.1 Å². The number of halogens is 2. The van der Waals surface area contributed by atoms with Crippen LogP contribution in [0.5, 0.6) is 0 Å². The molecule has 1 aromatic carbocycles. The third-order valence-electron chi connectivity index (χ3n) is 3.01. The molecule has 0 saturated heterocycles. The van der Waals surface area contributed by atoms with Gasteiger partial charge in [-0.1, -0.05) is 12.1 Å². The van der Waals surface area contributed by atoms with E-state index in [1.165, 1.54) is 0 Å². The average Bonchev–Trinajstić information content (AvgIpc) is 2.42. The van der Waals surface area contributed by atoms with E-state index < -0.39 is 19.1 Å². The average molecular weight is 272 g/mol. The van der Waals surface area contributed by atoms with Gasteiger partial charge in [0.2, 0.25) is 0 Å². The minimum absolute atomic E-state index is 0.369. The highest BCUT2D eigenvalue weighted by Crippen LogP contribution is 2.15. The van der Waals surface area contributed by atoms with Crippen LogP contribution in [0.25, 0.3) is 0 Å². The predicted octanol–water partition coefficient (Wildman–Crippen LogP) is 2.25. The maximum atomic E-state index is 12.8. The van der Waals surface area contributed by atoms with Crippen LogP contribution in [0.4, 0.5) is 14.5 Å². The summed E-state index contributed by atoms with van der Waals surface area (Å²) in [6, 6.07) is 7.85. The first kappa shape index (κ1) is 15.9. The molecule has 0 radical (unpaired) electrons. The Morgan fingerprint density at radius 2 is 1.74 bits per heavy atom. The van der Waals surface area contributed by atoms with Crippen LogP contribution in [0.3, 0.4) is 0 Å². The standard InChI is InChI=1S/C14H22F2N2O/c1-3-18(4-2)13-7-5-12(6-8-13)9-17-10-14(15,16)11-19/h5-8,17,19H,3-4,9-11H2,1-2H3. The SMILES string of the molecule is CCN(CC)c1ccc(CNCC(F)(F)CO)cc1. The van der Waals surface area contributed by atoms with Crippen LogP contribution in [0.15, 0.2) is 24.3 Å². The maximum Gasteiger partial charge on any atom is 0.282 e. The molecule has 1 rings (SSSR count). The molecule has 0 aliphatic heterocycles. The molecular formula is C14H22F2N2O. The van der Waals surface area contributed by atoms with E-state index in [4.69, 9.17) is 5.11 Å². The largest absolute Gasteiger partial charge is 0.390 e. The monoisotopic (exact) mass is 272 g/mol. The summed E-state index contributed by atoms with van der Waals surface area (Å²) in [5.41, 5.74) is 2.08. The molecule has 0 spiro atoms. The number of rotatable bonds is 8. The molecule has 0 aliphatic carbocycles. The Morgan fingerprint density at radius 1 is 1.16 bits per heavy atom. The summed E-state index contributed by atoms with van der Waals surface area (Å²) in [7, 11) is 0. The van der Waals surface area contributed by atoms with Crippen molar-refractivity contribution in [1.82, 2.24) is 5.32 Å². The molecule has 0 aromatic heterocycles. The summed E-state index contributed by atoms with van der Waals surface area (Å²) in [4.78, 5) is 2.22. The smallest absolute Gasteiger partial charge is 0.282 e. The Hall–Kier alpha value is -1.20. The molecule has 0 aliphatic rings. The van der Waals surface area contributed by atoms with E-state index in [1.807, 2.05) is 24.3 Å². The molecule has 0 heterocycles. The summed E-state index contributed by atoms with van der Waals surface area (Å²) in [6.07, 6.45) is 0. The van der Waals surface area contributed by atoms with E-state index in [9.17, 15) is 8.78 Å². The van der Waals surface area contributed by atoms with Gasteiger partial charge in [-0.05, 0) is 31.5 Å². The number of nitrogens with one attached hydrogen (secondary N) is 1. The van der Waals surface area contributed by atoms with Gasteiger partial charge in [-0.2, -0.15) is 0 Å². The Morgan fingerprint density at radius 3 is 2.21 bits per heavy atom. The second-order valence-corrected chi connectivity index (χ2v) is 4.46. The second-order valence-electron chi connectivity index (χ2n) is 4.46. The van der Waals surface area contributed by atoms with Gasteiger partial charge >= 0.3 is 0 Å². The third kappa shape index (κ3) is 5.12. The fourth-order valence-corrected chi connectivity index (χ4v) is 1.86. The Labute approximate surface area is 113 Å². The van der Waals surface area contributed by atoms with Gasteiger partial charge < -0.3 is 15.3 Å². The highest BCUT2D eigenvalue weighted by atomic mass is 19.3. The summed E-state index contributed by atoms with van der Waals surface area (Å²) in [6.45, 7) is 4.80. The van der Waals surface area contributed by atoms with Gasteiger partial charge in [-0.15, -0.1) is 0 Å². The van der Waals surface area contributed by atoms with Gasteiger partial charge in [0.15, 0.2) is 0 Å². The lowest BCUT2D eigenvalue weighted by Crippen LogP contribution is -2.35. The molecule has 0 unspecified atom stereocenters. The minimum Gasteiger partial charge on any atom is -0.390 e. The van der Waals surface area contributed by atoms with E-state index in [1.54, 1.807) is 0 Å². The van der Waals surface area contributed by atoms with Crippen molar-refractivity contribution in [3.8, 4) is 0 Å². The number of nitrogens with zero attached hydrogens (tertiary/aromatic N) is 1. The first-order valence-electron chi connectivity index (χ1n) is 6.55. The zero-order valence-corrected chi connectivity index (χ0v) is 11.5. The predicted molar refractivity (Wildman–Crippen MR) is 73.7 cm³/mol. The van der Waals surface area contributed by atoms with E-state index in [0.29, 0.717) is 6.54 Å². The summed E-state index contributed by atoms with van der Waals surface area (Å²) < 4.78 is 25.6. The van der Waals surface area contributed by atoms with Gasteiger partial charge in [0.25, 0.3) is 5.92 Å². The van der Waals surface area contributed by atoms with Crippen molar-refractivity contribution < 1.29 is 13.9 Å². The lowest BCUT2D eigenvalue weighted by molar-refractivity contribution is -0.0477. The summed E-state index contributed by atoms with van der Waals surface area (Å²) in [5, 5.41) is 11.1. The molecule has 0 bridgehead atoms. The highest BCUT2D eigenvalue weighted by molar-refractivity contribution is 5.47. The number of anilines is 1. The van der Waals surface area contributed by atoms with Crippen molar-refractivity contribution in [2.75, 3.05) is 31.1 Å². The fraction of sp³-hybridized carbons (Fsp3) is 0.571. The molecule has 0 atom stereocenters. The molecule has 2 N–H and O–H groups in total. The van der Waals surface area contributed by atoms with Crippen LogP contribution >= 0.6 is 0 Å². The van der Waals surface area contributed by atoms with Crippen LogP contribution in [-0.2, 0) is 6.54 Å². The molecule has 108 valence electrons. The topological polar surface area (TPSA) is 35.5 Å². The summed E-state index contributed by atoms with van der Waals surface area (Å²) >= 11 is 0. The van der Waals surface area contributed by atoms with Crippen molar-refractivity contribution >= 4 is 5.69 Å². The number of alkyl halides is 2. The third-order valence-corrected chi connectivity index (χ3v) is 3.01. The summed E-state index contributed by atoms with van der Waals surface area (Å²) in [5.74, 6) is -3.05. The van der Waals surface area contributed by atoms with Crippen LogP contribution in [0.1, 0.15) is 19.4 Å².